The van der Waals surface area contributed by atoms with Crippen LogP contribution in [0.1, 0.15) is 40.8 Å². The second-order valence-electron chi connectivity index (χ2n) is 8.34. The van der Waals surface area contributed by atoms with Gasteiger partial charge in [-0.2, -0.15) is 0 Å². The Kier molecular flexibility index (Phi) is 9.80. The third kappa shape index (κ3) is 6.92. The van der Waals surface area contributed by atoms with E-state index in [1.807, 2.05) is 4.90 Å². The molecule has 1 amide bonds. The SMILES string of the molecule is CN=C(NCCC(=O)N1CCc2sccc2C1)NCc1ccc(CN2CCCC2)cc1.I. The Morgan fingerprint density at radius 2 is 1.81 bits per heavy atom. The minimum absolute atomic E-state index is 0. The highest BCUT2D eigenvalue weighted by Crippen LogP contribution is 2.24. The Balaban J connectivity index is 0.00000289. The maximum Gasteiger partial charge on any atom is 0.224 e. The Bertz CT molecular complexity index is 892. The first kappa shape index (κ1) is 25.0. The molecule has 0 bridgehead atoms. The number of thiophene rings is 1. The van der Waals surface area contributed by atoms with E-state index in [1.165, 1.54) is 47.5 Å². The van der Waals surface area contributed by atoms with Gasteiger partial charge < -0.3 is 15.5 Å². The van der Waals surface area contributed by atoms with Gasteiger partial charge in [0.15, 0.2) is 5.96 Å². The molecule has 0 radical (unpaired) electrons. The zero-order chi connectivity index (χ0) is 21.5. The molecule has 0 spiro atoms. The smallest absolute Gasteiger partial charge is 0.224 e. The summed E-state index contributed by atoms with van der Waals surface area (Å²) in [4.78, 5) is 22.8. The number of hydrogen-bond acceptors (Lipinski definition) is 4. The number of amides is 1. The van der Waals surface area contributed by atoms with E-state index in [4.69, 9.17) is 0 Å². The number of carbonyl (C=O) groups is 1. The van der Waals surface area contributed by atoms with Crippen molar-refractivity contribution in [1.29, 1.82) is 0 Å². The predicted molar refractivity (Wildman–Crippen MR) is 143 cm³/mol. The van der Waals surface area contributed by atoms with Crippen LogP contribution in [0.15, 0.2) is 40.7 Å². The number of halogens is 1. The van der Waals surface area contributed by atoms with E-state index >= 15 is 0 Å². The van der Waals surface area contributed by atoms with Crippen LogP contribution < -0.4 is 10.6 Å². The van der Waals surface area contributed by atoms with Crippen molar-refractivity contribution >= 4 is 47.2 Å². The quantitative estimate of drug-likeness (QED) is 0.305. The van der Waals surface area contributed by atoms with E-state index in [2.05, 4.69) is 56.2 Å². The molecular weight excluding hydrogens is 533 g/mol. The molecule has 0 aliphatic carbocycles. The van der Waals surface area contributed by atoms with Crippen molar-refractivity contribution in [3.05, 3.63) is 57.3 Å². The van der Waals surface area contributed by atoms with Crippen LogP contribution in [-0.2, 0) is 30.8 Å². The summed E-state index contributed by atoms with van der Waals surface area (Å²) < 4.78 is 0. The Morgan fingerprint density at radius 1 is 1.06 bits per heavy atom. The summed E-state index contributed by atoms with van der Waals surface area (Å²) in [6, 6.07) is 11.0. The zero-order valence-electron chi connectivity index (χ0n) is 18.8. The number of guanidine groups is 1. The minimum Gasteiger partial charge on any atom is -0.356 e. The Morgan fingerprint density at radius 3 is 2.56 bits per heavy atom. The highest BCUT2D eigenvalue weighted by molar-refractivity contribution is 14.0. The van der Waals surface area contributed by atoms with Crippen LogP contribution in [-0.4, -0.2) is 54.9 Å². The van der Waals surface area contributed by atoms with Gasteiger partial charge in [0.05, 0.1) is 0 Å². The third-order valence-corrected chi connectivity index (χ3v) is 7.13. The fourth-order valence-corrected chi connectivity index (χ4v) is 5.16. The lowest BCUT2D eigenvalue weighted by molar-refractivity contribution is -0.131. The average Bonchev–Trinajstić information content (AvgIpc) is 3.48. The second kappa shape index (κ2) is 12.6. The largest absolute Gasteiger partial charge is 0.356 e. The monoisotopic (exact) mass is 567 g/mol. The summed E-state index contributed by atoms with van der Waals surface area (Å²) in [5, 5.41) is 8.74. The standard InChI is InChI=1S/C24H33N5OS.HI/c1-25-24(26-11-8-23(30)29-14-9-22-21(18-29)10-15-31-22)27-16-19-4-6-20(7-5-19)17-28-12-2-3-13-28;/h4-7,10,15H,2-3,8-9,11-14,16-18H2,1H3,(H2,25,26,27);1H. The molecule has 4 rings (SSSR count). The number of likely N-dealkylation sites (tertiary alicyclic amines) is 1. The molecule has 0 unspecified atom stereocenters. The normalized spacial score (nSPS) is 16.4. The van der Waals surface area contributed by atoms with Gasteiger partial charge in [0.25, 0.3) is 0 Å². The number of aliphatic imine (C=N–C) groups is 1. The molecule has 2 N–H and O–H groups in total. The van der Waals surface area contributed by atoms with E-state index in [-0.39, 0.29) is 29.9 Å². The first-order valence-corrected chi connectivity index (χ1v) is 12.2. The molecule has 0 atom stereocenters. The van der Waals surface area contributed by atoms with Crippen molar-refractivity contribution in [1.82, 2.24) is 20.4 Å². The van der Waals surface area contributed by atoms with Crippen LogP contribution in [0.5, 0.6) is 0 Å². The van der Waals surface area contributed by atoms with Crippen molar-refractivity contribution < 1.29 is 4.79 Å². The Labute approximate surface area is 212 Å². The van der Waals surface area contributed by atoms with Crippen LogP contribution >= 0.6 is 35.3 Å². The van der Waals surface area contributed by atoms with Crippen molar-refractivity contribution in [2.24, 2.45) is 4.99 Å². The molecule has 174 valence electrons. The van der Waals surface area contributed by atoms with Gasteiger partial charge in [-0.25, -0.2) is 0 Å². The number of carbonyl (C=O) groups excluding carboxylic acids is 1. The molecular formula is C24H34IN5OS. The van der Waals surface area contributed by atoms with Gasteiger partial charge in [-0.05, 0) is 60.5 Å². The molecule has 3 heterocycles. The molecule has 2 aliphatic rings. The highest BCUT2D eigenvalue weighted by atomic mass is 127. The van der Waals surface area contributed by atoms with Crippen LogP contribution in [0.3, 0.4) is 0 Å². The molecule has 1 saturated heterocycles. The van der Waals surface area contributed by atoms with Gasteiger partial charge in [0.2, 0.25) is 5.91 Å². The highest BCUT2D eigenvalue weighted by Gasteiger charge is 2.21. The first-order chi connectivity index (χ1) is 15.2. The van der Waals surface area contributed by atoms with Crippen molar-refractivity contribution in [3.8, 4) is 0 Å². The fraction of sp³-hybridized carbons (Fsp3) is 0.500. The van der Waals surface area contributed by atoms with E-state index in [0.717, 1.165) is 32.0 Å². The van der Waals surface area contributed by atoms with Crippen LogP contribution in [0.4, 0.5) is 0 Å². The molecule has 1 aromatic heterocycles. The summed E-state index contributed by atoms with van der Waals surface area (Å²) >= 11 is 1.80. The van der Waals surface area contributed by atoms with Crippen LogP contribution in [0.2, 0.25) is 0 Å². The van der Waals surface area contributed by atoms with Crippen molar-refractivity contribution in [2.45, 2.75) is 45.3 Å². The number of benzene rings is 1. The summed E-state index contributed by atoms with van der Waals surface area (Å²) in [6.07, 6.45) is 4.11. The summed E-state index contributed by atoms with van der Waals surface area (Å²) in [7, 11) is 1.76. The molecule has 2 aromatic rings. The van der Waals surface area contributed by atoms with E-state index in [0.29, 0.717) is 19.5 Å². The first-order valence-electron chi connectivity index (χ1n) is 11.3. The predicted octanol–water partition coefficient (Wildman–Crippen LogP) is 3.60. The summed E-state index contributed by atoms with van der Waals surface area (Å²) in [6.45, 7) is 6.37. The number of fused-ring (bicyclic) bond motifs is 1. The van der Waals surface area contributed by atoms with E-state index in [1.54, 1.807) is 18.4 Å². The minimum atomic E-state index is 0. The van der Waals surface area contributed by atoms with Crippen LogP contribution in [0.25, 0.3) is 0 Å². The molecule has 2 aliphatic heterocycles. The lowest BCUT2D eigenvalue weighted by atomic mass is 10.1. The average molecular weight is 568 g/mol. The van der Waals surface area contributed by atoms with Gasteiger partial charge >= 0.3 is 0 Å². The van der Waals surface area contributed by atoms with Gasteiger partial charge in [-0.3, -0.25) is 14.7 Å². The molecule has 8 heteroatoms. The van der Waals surface area contributed by atoms with Crippen LogP contribution in [0, 0.1) is 0 Å². The number of nitrogens with zero attached hydrogens (tertiary/aromatic N) is 3. The molecule has 6 nitrogen and oxygen atoms in total. The third-order valence-electron chi connectivity index (χ3n) is 6.10. The van der Waals surface area contributed by atoms with Crippen molar-refractivity contribution in [2.75, 3.05) is 33.2 Å². The summed E-state index contributed by atoms with van der Waals surface area (Å²) in [5.41, 5.74) is 3.91. The number of hydrogen-bond donors (Lipinski definition) is 2. The lowest BCUT2D eigenvalue weighted by Gasteiger charge is -2.27. The van der Waals surface area contributed by atoms with Gasteiger partial charge in [0, 0.05) is 51.1 Å². The number of rotatable bonds is 7. The second-order valence-corrected chi connectivity index (χ2v) is 9.34. The fourth-order valence-electron chi connectivity index (χ4n) is 4.28. The molecule has 0 saturated carbocycles. The van der Waals surface area contributed by atoms with E-state index in [9.17, 15) is 4.79 Å². The lowest BCUT2D eigenvalue weighted by Crippen LogP contribution is -2.40. The topological polar surface area (TPSA) is 60.0 Å². The zero-order valence-corrected chi connectivity index (χ0v) is 22.0. The maximum absolute atomic E-state index is 12.6. The number of nitrogens with one attached hydrogen (secondary N) is 2. The van der Waals surface area contributed by atoms with E-state index < -0.39 is 0 Å². The molecule has 32 heavy (non-hydrogen) atoms. The summed E-state index contributed by atoms with van der Waals surface area (Å²) in [5.74, 6) is 0.932. The molecule has 1 fully saturated rings. The maximum atomic E-state index is 12.6. The van der Waals surface area contributed by atoms with Crippen molar-refractivity contribution in [3.63, 3.8) is 0 Å². The van der Waals surface area contributed by atoms with Gasteiger partial charge in [-0.1, -0.05) is 24.3 Å². The van der Waals surface area contributed by atoms with Gasteiger partial charge in [-0.15, -0.1) is 35.3 Å². The van der Waals surface area contributed by atoms with Gasteiger partial charge in [0.1, 0.15) is 0 Å². The molecule has 1 aromatic carbocycles. The Hall–Kier alpha value is -1.65.